The second kappa shape index (κ2) is 7.81. The lowest BCUT2D eigenvalue weighted by molar-refractivity contribution is -0.123. The van der Waals surface area contributed by atoms with Crippen LogP contribution in [0.4, 0.5) is 0 Å². The standard InChI is InChI=1S/C19H19NO7S/c1-24-13-9-6-10-14(25-2)15(13)17-16(21)18(19(20)26-17)27-28(22,23)11-12-7-4-3-5-8-12/h3-10,17H,11,20H2,1-2H3/i11D2,17D. The normalized spacial score (nSPS) is 21.4. The van der Waals surface area contributed by atoms with Crippen LogP contribution in [-0.2, 0) is 29.5 Å². The van der Waals surface area contributed by atoms with E-state index in [1.165, 1.54) is 50.6 Å². The van der Waals surface area contributed by atoms with Gasteiger partial charge in [0.15, 0.2) is 6.08 Å². The molecule has 0 aliphatic carbocycles. The minimum atomic E-state index is -5.08. The number of hydrogen-bond donors (Lipinski definition) is 1. The zero-order chi connectivity index (χ0) is 23.0. The molecule has 0 saturated heterocycles. The van der Waals surface area contributed by atoms with Gasteiger partial charge < -0.3 is 24.1 Å². The van der Waals surface area contributed by atoms with E-state index in [0.29, 0.717) is 0 Å². The first kappa shape index (κ1) is 15.8. The Kier molecular flexibility index (Phi) is 4.41. The molecule has 3 rings (SSSR count). The molecule has 0 bridgehead atoms. The number of methoxy groups -OCH3 is 2. The molecule has 8 nitrogen and oxygen atoms in total. The number of ether oxygens (including phenoxy) is 3. The highest BCUT2D eigenvalue weighted by atomic mass is 32.2. The van der Waals surface area contributed by atoms with E-state index in [1.807, 2.05) is 0 Å². The van der Waals surface area contributed by atoms with Crippen LogP contribution in [0.1, 0.15) is 21.3 Å². The Morgan fingerprint density at radius 2 is 1.71 bits per heavy atom. The third-order valence-corrected chi connectivity index (χ3v) is 4.58. The number of benzene rings is 2. The lowest BCUT2D eigenvalue weighted by Gasteiger charge is -2.17. The minimum Gasteiger partial charge on any atom is -0.496 e. The van der Waals surface area contributed by atoms with Crippen molar-refractivity contribution in [3.63, 3.8) is 0 Å². The smallest absolute Gasteiger partial charge is 0.313 e. The molecular weight excluding hydrogens is 386 g/mol. The SMILES string of the molecule is [2H]C1(c2c(OC)cccc2OC)OC(N)=C(OS(=O)(=O)C([2H])([2H])c2ccccc2)C1=O. The van der Waals surface area contributed by atoms with Crippen LogP contribution in [0.3, 0.4) is 0 Å². The van der Waals surface area contributed by atoms with Crippen LogP contribution in [0.15, 0.2) is 60.2 Å². The van der Waals surface area contributed by atoms with E-state index >= 15 is 0 Å². The molecule has 0 fully saturated rings. The molecule has 1 unspecified atom stereocenters. The summed E-state index contributed by atoms with van der Waals surface area (Å²) in [5.74, 6) is -2.96. The van der Waals surface area contributed by atoms with Crippen molar-refractivity contribution >= 4 is 15.9 Å². The van der Waals surface area contributed by atoms with E-state index in [-0.39, 0.29) is 22.6 Å². The zero-order valence-electron chi connectivity index (χ0n) is 18.0. The largest absolute Gasteiger partial charge is 0.496 e. The molecule has 0 amide bonds. The van der Waals surface area contributed by atoms with E-state index in [9.17, 15) is 13.2 Å². The molecular formula is C19H19NO7S. The molecule has 2 aromatic rings. The molecule has 9 heteroatoms. The fourth-order valence-electron chi connectivity index (χ4n) is 2.52. The third kappa shape index (κ3) is 3.89. The average molecular weight is 408 g/mol. The summed E-state index contributed by atoms with van der Waals surface area (Å²) >= 11 is 0. The predicted molar refractivity (Wildman–Crippen MR) is 99.7 cm³/mol. The summed E-state index contributed by atoms with van der Waals surface area (Å²) in [5.41, 5.74) is 2.29. The summed E-state index contributed by atoms with van der Waals surface area (Å²) in [7, 11) is -2.48. The van der Waals surface area contributed by atoms with Gasteiger partial charge >= 0.3 is 10.1 Å². The molecule has 1 aliphatic rings. The number of Topliss-reactive ketones (excluding diaryl/α,β-unsaturated/α-hetero) is 1. The molecule has 0 radical (unpaired) electrons. The number of carbonyl (C=O) groups is 1. The average Bonchev–Trinajstić information content (AvgIpc) is 2.96. The Morgan fingerprint density at radius 3 is 2.29 bits per heavy atom. The summed E-state index contributed by atoms with van der Waals surface area (Å²) < 4.78 is 70.3. The van der Waals surface area contributed by atoms with Crippen molar-refractivity contribution in [2.45, 2.75) is 11.8 Å². The Balaban J connectivity index is 2.01. The fourth-order valence-corrected chi connectivity index (χ4v) is 3.36. The van der Waals surface area contributed by atoms with Gasteiger partial charge in [-0.1, -0.05) is 36.4 Å². The summed E-state index contributed by atoms with van der Waals surface area (Å²) in [6, 6.07) is 11.4. The first-order chi connectivity index (χ1) is 14.5. The van der Waals surface area contributed by atoms with E-state index < -0.39 is 39.3 Å². The van der Waals surface area contributed by atoms with Gasteiger partial charge in [0.05, 0.1) is 23.9 Å². The number of carbonyl (C=O) groups excluding carboxylic acids is 1. The lowest BCUT2D eigenvalue weighted by atomic mass is 10.0. The number of hydrogen-bond acceptors (Lipinski definition) is 8. The van der Waals surface area contributed by atoms with Crippen LogP contribution in [0.5, 0.6) is 11.5 Å². The molecule has 1 atom stereocenters. The van der Waals surface area contributed by atoms with Crippen molar-refractivity contribution < 1.29 is 35.7 Å². The van der Waals surface area contributed by atoms with Gasteiger partial charge in [-0.15, -0.1) is 0 Å². The van der Waals surface area contributed by atoms with Gasteiger partial charge in [0.2, 0.25) is 17.4 Å². The second-order valence-corrected chi connectivity index (χ2v) is 6.78. The van der Waals surface area contributed by atoms with Crippen molar-refractivity contribution in [1.82, 2.24) is 0 Å². The lowest BCUT2D eigenvalue weighted by Crippen LogP contribution is -2.17. The van der Waals surface area contributed by atoms with Gasteiger partial charge in [0.25, 0.3) is 0 Å². The molecule has 0 spiro atoms. The van der Waals surface area contributed by atoms with Crippen molar-refractivity contribution in [3.05, 3.63) is 71.3 Å². The van der Waals surface area contributed by atoms with E-state index in [0.717, 1.165) is 0 Å². The highest BCUT2D eigenvalue weighted by Gasteiger charge is 2.42. The van der Waals surface area contributed by atoms with Crippen LogP contribution in [0.2, 0.25) is 0 Å². The Morgan fingerprint density at radius 1 is 1.11 bits per heavy atom. The number of nitrogens with two attached hydrogens (primary N) is 1. The van der Waals surface area contributed by atoms with Gasteiger partial charge in [-0.3, -0.25) is 4.79 Å². The van der Waals surface area contributed by atoms with Gasteiger partial charge in [0.1, 0.15) is 17.2 Å². The van der Waals surface area contributed by atoms with Crippen LogP contribution < -0.4 is 15.2 Å². The van der Waals surface area contributed by atoms with Crippen molar-refractivity contribution in [2.24, 2.45) is 5.73 Å². The van der Waals surface area contributed by atoms with Crippen LogP contribution in [0.25, 0.3) is 0 Å². The fraction of sp³-hybridized carbons (Fsp3) is 0.211. The molecule has 1 aliphatic heterocycles. The topological polar surface area (TPSA) is 114 Å². The maximum atomic E-state index is 13.0. The van der Waals surface area contributed by atoms with Crippen molar-refractivity contribution in [2.75, 3.05) is 14.2 Å². The number of ketones is 1. The molecule has 28 heavy (non-hydrogen) atoms. The summed E-state index contributed by atoms with van der Waals surface area (Å²) in [6.45, 7) is 0. The molecule has 2 N–H and O–H groups in total. The Labute approximate surface area is 166 Å². The summed E-state index contributed by atoms with van der Waals surface area (Å²) in [5, 5.41) is 0. The molecule has 0 aromatic heterocycles. The third-order valence-electron chi connectivity index (χ3n) is 3.71. The Hall–Kier alpha value is -3.20. The maximum Gasteiger partial charge on any atom is 0.313 e. The van der Waals surface area contributed by atoms with E-state index in [2.05, 4.69) is 0 Å². The zero-order valence-corrected chi connectivity index (χ0v) is 15.8. The van der Waals surface area contributed by atoms with E-state index in [4.69, 9.17) is 28.2 Å². The van der Waals surface area contributed by atoms with Crippen molar-refractivity contribution in [3.8, 4) is 11.5 Å². The maximum absolute atomic E-state index is 13.0. The van der Waals surface area contributed by atoms with Crippen molar-refractivity contribution in [1.29, 1.82) is 0 Å². The van der Waals surface area contributed by atoms with E-state index in [1.54, 1.807) is 12.1 Å². The van der Waals surface area contributed by atoms with Crippen LogP contribution >= 0.6 is 0 Å². The highest BCUT2D eigenvalue weighted by molar-refractivity contribution is 7.86. The summed E-state index contributed by atoms with van der Waals surface area (Å²) in [6.07, 6.45) is -2.58. The quantitative estimate of drug-likeness (QED) is 0.692. The first-order valence-electron chi connectivity index (χ1n) is 9.44. The minimum absolute atomic E-state index is 0.0548. The van der Waals surface area contributed by atoms with Crippen LogP contribution in [-0.4, -0.2) is 28.4 Å². The first-order valence-corrected chi connectivity index (χ1v) is 9.35. The second-order valence-electron chi connectivity index (χ2n) is 5.50. The van der Waals surface area contributed by atoms with Gasteiger partial charge in [-0.25, -0.2) is 0 Å². The molecule has 148 valence electrons. The Bertz CT molecular complexity index is 1130. The molecule has 0 saturated carbocycles. The van der Waals surface area contributed by atoms with Crippen LogP contribution in [0, 0.1) is 0 Å². The van der Waals surface area contributed by atoms with Gasteiger partial charge in [0, 0.05) is 0 Å². The highest BCUT2D eigenvalue weighted by Crippen LogP contribution is 2.41. The number of rotatable bonds is 7. The van der Waals surface area contributed by atoms with Gasteiger partial charge in [-0.05, 0) is 17.7 Å². The van der Waals surface area contributed by atoms with Gasteiger partial charge in [-0.2, -0.15) is 8.42 Å². The summed E-state index contributed by atoms with van der Waals surface area (Å²) in [4.78, 5) is 13.0. The molecule has 1 heterocycles. The molecule has 2 aromatic carbocycles. The predicted octanol–water partition coefficient (Wildman–Crippen LogP) is 2.02. The monoisotopic (exact) mass is 408 g/mol.